The molecule has 0 radical (unpaired) electrons. The zero-order valence-corrected chi connectivity index (χ0v) is 16.7. The number of H-pyrrole nitrogens is 1. The third-order valence-electron chi connectivity index (χ3n) is 3.94. The number of nitrogens with zero attached hydrogens (tertiary/aromatic N) is 6. The first-order valence-electron chi connectivity index (χ1n) is 8.88. The van der Waals surface area contributed by atoms with Gasteiger partial charge in [-0.2, -0.15) is 18.3 Å². The van der Waals surface area contributed by atoms with Gasteiger partial charge in [-0.05, 0) is 12.1 Å². The van der Waals surface area contributed by atoms with Crippen LogP contribution in [0, 0.1) is 0 Å². The molecule has 0 fully saturated rings. The highest BCUT2D eigenvalue weighted by Gasteiger charge is 2.28. The van der Waals surface area contributed by atoms with E-state index in [1.54, 1.807) is 6.07 Å². The van der Waals surface area contributed by atoms with Gasteiger partial charge in [0, 0.05) is 41.9 Å². The van der Waals surface area contributed by atoms with Crippen molar-refractivity contribution in [2.24, 2.45) is 0 Å². The van der Waals surface area contributed by atoms with Crippen molar-refractivity contribution < 1.29 is 17.9 Å². The van der Waals surface area contributed by atoms with Gasteiger partial charge in [0.2, 0.25) is 5.56 Å². The lowest BCUT2D eigenvalue weighted by Gasteiger charge is -2.08. The van der Waals surface area contributed by atoms with E-state index in [1.165, 1.54) is 52.8 Å². The van der Waals surface area contributed by atoms with Crippen LogP contribution in [0.5, 0.6) is 6.01 Å². The Bertz CT molecular complexity index is 1330. The summed E-state index contributed by atoms with van der Waals surface area (Å²) in [7, 11) is 0. The number of ether oxygens (including phenoxy) is 1. The zero-order valence-electron chi connectivity index (χ0n) is 15.9. The number of aromatic nitrogens is 7. The molecule has 0 aliphatic rings. The maximum Gasteiger partial charge on any atom is 0.422 e. The number of hydrogen-bond acceptors (Lipinski definition) is 9. The van der Waals surface area contributed by atoms with Crippen molar-refractivity contribution in [2.45, 2.75) is 12.7 Å². The number of hydrogen-bond donors (Lipinski definition) is 1. The number of nitrogens with one attached hydrogen (secondary N) is 1. The van der Waals surface area contributed by atoms with E-state index >= 15 is 0 Å². The Labute approximate surface area is 180 Å². The summed E-state index contributed by atoms with van der Waals surface area (Å²) >= 11 is 1.23. The molecule has 0 aromatic carbocycles. The van der Waals surface area contributed by atoms with Gasteiger partial charge in [-0.15, -0.1) is 10.2 Å². The van der Waals surface area contributed by atoms with Crippen LogP contribution < -0.4 is 15.9 Å². The quantitative estimate of drug-likeness (QED) is 0.459. The zero-order chi connectivity index (χ0) is 22.7. The van der Waals surface area contributed by atoms with Crippen molar-refractivity contribution in [1.29, 1.82) is 0 Å². The lowest BCUT2D eigenvalue weighted by molar-refractivity contribution is -0.154. The van der Waals surface area contributed by atoms with Gasteiger partial charge in [0.1, 0.15) is 10.0 Å². The molecule has 0 amide bonds. The maximum atomic E-state index is 12.2. The van der Waals surface area contributed by atoms with Crippen molar-refractivity contribution in [2.75, 3.05) is 6.61 Å². The molecule has 0 unspecified atom stereocenters. The molecule has 0 bridgehead atoms. The van der Waals surface area contributed by atoms with Gasteiger partial charge in [0.25, 0.3) is 5.56 Å². The summed E-state index contributed by atoms with van der Waals surface area (Å²) in [6, 6.07) is 5.28. The molecule has 0 aliphatic heterocycles. The van der Waals surface area contributed by atoms with Crippen molar-refractivity contribution in [1.82, 2.24) is 34.9 Å². The highest BCUT2D eigenvalue weighted by Crippen LogP contribution is 2.22. The molecule has 4 rings (SSSR count). The fourth-order valence-electron chi connectivity index (χ4n) is 2.49. The van der Waals surface area contributed by atoms with Crippen LogP contribution >= 0.6 is 11.3 Å². The number of rotatable bonds is 6. The third-order valence-corrected chi connectivity index (χ3v) is 4.90. The van der Waals surface area contributed by atoms with Crippen molar-refractivity contribution in [3.8, 4) is 27.8 Å². The fraction of sp³-hybridized carbons (Fsp3) is 0.167. The summed E-state index contributed by atoms with van der Waals surface area (Å²) in [6.07, 6.45) is -0.495. The number of alkyl halides is 3. The van der Waals surface area contributed by atoms with Crippen LogP contribution in [0.2, 0.25) is 0 Å². The van der Waals surface area contributed by atoms with Crippen LogP contribution in [0.3, 0.4) is 0 Å². The predicted octanol–water partition coefficient (Wildman–Crippen LogP) is 1.90. The van der Waals surface area contributed by atoms with Gasteiger partial charge in [-0.3, -0.25) is 9.59 Å². The summed E-state index contributed by atoms with van der Waals surface area (Å²) in [5.74, 6) is 0. The molecular weight excluding hydrogens is 451 g/mol. The molecule has 4 heterocycles. The minimum absolute atomic E-state index is 0.0430. The lowest BCUT2D eigenvalue weighted by atomic mass is 10.2. The van der Waals surface area contributed by atoms with Gasteiger partial charge in [0.05, 0.1) is 12.2 Å². The second-order valence-electron chi connectivity index (χ2n) is 6.32. The largest absolute Gasteiger partial charge is 0.454 e. The average molecular weight is 463 g/mol. The Balaban J connectivity index is 1.51. The molecule has 164 valence electrons. The van der Waals surface area contributed by atoms with Crippen LogP contribution in [-0.4, -0.2) is 47.7 Å². The third kappa shape index (κ3) is 5.21. The first-order chi connectivity index (χ1) is 15.3. The Morgan fingerprint density at radius 1 is 1.03 bits per heavy atom. The summed E-state index contributed by atoms with van der Waals surface area (Å²) in [4.78, 5) is 33.4. The highest BCUT2D eigenvalue weighted by atomic mass is 32.1. The van der Waals surface area contributed by atoms with E-state index in [-0.39, 0.29) is 17.7 Å². The van der Waals surface area contributed by atoms with Crippen molar-refractivity contribution in [3.63, 3.8) is 0 Å². The number of halogens is 3. The number of aromatic amines is 1. The summed E-state index contributed by atoms with van der Waals surface area (Å²) in [6.45, 7) is -1.46. The SMILES string of the molecule is O=c1ccc(-c2nnc(Cn3nc(-c4cnc(OCC(F)(F)F)nc4)ccc3=O)s2)c[nH]1. The van der Waals surface area contributed by atoms with E-state index < -0.39 is 18.8 Å². The molecule has 4 aromatic heterocycles. The second-order valence-corrected chi connectivity index (χ2v) is 7.38. The smallest absolute Gasteiger partial charge is 0.422 e. The van der Waals surface area contributed by atoms with E-state index in [1.807, 2.05) is 0 Å². The maximum absolute atomic E-state index is 12.2. The van der Waals surface area contributed by atoms with Crippen LogP contribution in [0.4, 0.5) is 13.2 Å². The molecule has 0 spiro atoms. The van der Waals surface area contributed by atoms with Gasteiger partial charge in [-0.1, -0.05) is 11.3 Å². The standard InChI is InChI=1S/C18H12F3N7O3S/c19-18(20,21)9-31-17-23-6-11(7-24-17)12-2-4-15(30)28(27-12)8-14-25-26-16(32-14)10-1-3-13(29)22-5-10/h1-7H,8-9H2,(H,22,29). The first-order valence-corrected chi connectivity index (χ1v) is 9.70. The van der Waals surface area contributed by atoms with Gasteiger partial charge >= 0.3 is 12.2 Å². The monoisotopic (exact) mass is 463 g/mol. The first kappa shape index (κ1) is 21.3. The van der Waals surface area contributed by atoms with Gasteiger partial charge in [-0.25, -0.2) is 14.6 Å². The van der Waals surface area contributed by atoms with Crippen LogP contribution in [0.1, 0.15) is 5.01 Å². The lowest BCUT2D eigenvalue weighted by Crippen LogP contribution is -2.23. The van der Waals surface area contributed by atoms with E-state index in [2.05, 4.69) is 35.0 Å². The Morgan fingerprint density at radius 2 is 1.81 bits per heavy atom. The van der Waals surface area contributed by atoms with E-state index in [4.69, 9.17) is 0 Å². The molecule has 0 saturated carbocycles. The molecule has 14 heteroatoms. The second kappa shape index (κ2) is 8.66. The average Bonchev–Trinajstić information content (AvgIpc) is 3.23. The Morgan fingerprint density at radius 3 is 2.50 bits per heavy atom. The van der Waals surface area contributed by atoms with Crippen LogP contribution in [-0.2, 0) is 6.54 Å². The predicted molar refractivity (Wildman–Crippen MR) is 106 cm³/mol. The summed E-state index contributed by atoms with van der Waals surface area (Å²) < 4.78 is 42.3. The van der Waals surface area contributed by atoms with Crippen molar-refractivity contribution in [3.05, 3.63) is 68.6 Å². The van der Waals surface area contributed by atoms with E-state index in [0.717, 1.165) is 0 Å². The topological polar surface area (TPSA) is 129 Å². The fourth-order valence-corrected chi connectivity index (χ4v) is 3.31. The molecule has 10 nitrogen and oxygen atoms in total. The molecule has 32 heavy (non-hydrogen) atoms. The molecule has 0 aliphatic carbocycles. The Kier molecular flexibility index (Phi) is 5.77. The number of pyridine rings is 1. The van der Waals surface area contributed by atoms with Crippen molar-refractivity contribution >= 4 is 11.3 Å². The highest BCUT2D eigenvalue weighted by molar-refractivity contribution is 7.14. The van der Waals surface area contributed by atoms with Gasteiger partial charge in [0.15, 0.2) is 6.61 Å². The molecule has 0 atom stereocenters. The van der Waals surface area contributed by atoms with Crippen LogP contribution in [0.15, 0.2) is 52.4 Å². The summed E-state index contributed by atoms with van der Waals surface area (Å²) in [5.41, 5.74) is 0.754. The normalized spacial score (nSPS) is 11.5. The van der Waals surface area contributed by atoms with Crippen LogP contribution in [0.25, 0.3) is 21.8 Å². The molecule has 0 saturated heterocycles. The minimum atomic E-state index is -4.50. The molecular formula is C18H12F3N7O3S. The summed E-state index contributed by atoms with van der Waals surface area (Å²) in [5, 5.41) is 13.4. The Hall–Kier alpha value is -3.94. The van der Waals surface area contributed by atoms with E-state index in [0.29, 0.717) is 26.8 Å². The van der Waals surface area contributed by atoms with E-state index in [9.17, 15) is 22.8 Å². The molecule has 4 aromatic rings. The molecule has 1 N–H and O–H groups in total. The van der Waals surface area contributed by atoms with Gasteiger partial charge < -0.3 is 9.72 Å². The minimum Gasteiger partial charge on any atom is -0.454 e.